The first-order valence-corrected chi connectivity index (χ1v) is 5.10. The Bertz CT molecular complexity index is 265. The number of amidine groups is 1. The van der Waals surface area contributed by atoms with E-state index in [2.05, 4.69) is 15.8 Å². The summed E-state index contributed by atoms with van der Waals surface area (Å²) in [5.74, 6) is -0.641. The fourth-order valence-electron chi connectivity index (χ4n) is 0.931. The van der Waals surface area contributed by atoms with Crippen molar-refractivity contribution < 1.29 is 14.8 Å². The molecule has 0 rings (SSSR count). The Labute approximate surface area is 94.1 Å². The van der Waals surface area contributed by atoms with Crippen LogP contribution in [0.4, 0.5) is 0 Å². The van der Waals surface area contributed by atoms with Gasteiger partial charge in [-0.15, -0.1) is 0 Å². The second-order valence-electron chi connectivity index (χ2n) is 3.22. The maximum atomic E-state index is 11.1. The highest BCUT2D eigenvalue weighted by Gasteiger charge is 2.05. The van der Waals surface area contributed by atoms with Crippen LogP contribution in [0.25, 0.3) is 0 Å². The second-order valence-corrected chi connectivity index (χ2v) is 3.22. The minimum atomic E-state index is -0.376. The van der Waals surface area contributed by atoms with Crippen LogP contribution < -0.4 is 16.4 Å². The molecule has 92 valence electrons. The molecular weight excluding hydrogens is 212 g/mol. The van der Waals surface area contributed by atoms with Crippen molar-refractivity contribution in [2.24, 2.45) is 10.9 Å². The number of oxime groups is 1. The lowest BCUT2D eigenvalue weighted by Gasteiger charge is -2.05. The molecule has 7 nitrogen and oxygen atoms in total. The van der Waals surface area contributed by atoms with Gasteiger partial charge in [-0.2, -0.15) is 0 Å². The monoisotopic (exact) mass is 230 g/mol. The van der Waals surface area contributed by atoms with E-state index in [0.29, 0.717) is 6.54 Å². The maximum absolute atomic E-state index is 11.1. The lowest BCUT2D eigenvalue weighted by molar-refractivity contribution is -0.121. The number of nitrogens with zero attached hydrogens (tertiary/aromatic N) is 1. The van der Waals surface area contributed by atoms with Crippen LogP contribution in [0.2, 0.25) is 0 Å². The van der Waals surface area contributed by atoms with Gasteiger partial charge in [-0.25, -0.2) is 0 Å². The van der Waals surface area contributed by atoms with Gasteiger partial charge in [0.25, 0.3) is 0 Å². The predicted octanol–water partition coefficient (Wildman–Crippen LogP) is -0.845. The highest BCUT2D eigenvalue weighted by atomic mass is 16.4. The van der Waals surface area contributed by atoms with Gasteiger partial charge in [-0.3, -0.25) is 9.59 Å². The van der Waals surface area contributed by atoms with E-state index >= 15 is 0 Å². The van der Waals surface area contributed by atoms with Crippen molar-refractivity contribution in [1.29, 1.82) is 0 Å². The Morgan fingerprint density at radius 1 is 1.25 bits per heavy atom. The molecule has 0 aliphatic heterocycles. The van der Waals surface area contributed by atoms with Crippen molar-refractivity contribution in [2.45, 2.75) is 26.2 Å². The Hall–Kier alpha value is -1.79. The highest BCUT2D eigenvalue weighted by Crippen LogP contribution is 1.83. The van der Waals surface area contributed by atoms with E-state index in [9.17, 15) is 9.59 Å². The summed E-state index contributed by atoms with van der Waals surface area (Å²) in [5.41, 5.74) is 5.13. The first kappa shape index (κ1) is 14.2. The number of rotatable bonds is 7. The average Bonchev–Trinajstić information content (AvgIpc) is 2.26. The third kappa shape index (κ3) is 7.60. The number of nitrogens with one attached hydrogen (secondary N) is 2. The van der Waals surface area contributed by atoms with Gasteiger partial charge in [0.1, 0.15) is 5.84 Å². The lowest BCUT2D eigenvalue weighted by Crippen LogP contribution is -2.33. The van der Waals surface area contributed by atoms with E-state index in [1.54, 1.807) is 0 Å². The van der Waals surface area contributed by atoms with Gasteiger partial charge in [0, 0.05) is 19.5 Å². The molecule has 7 heteroatoms. The number of carbonyl (C=O) groups is 2. The summed E-state index contributed by atoms with van der Waals surface area (Å²) in [6.45, 7) is 2.84. The molecule has 0 aromatic heterocycles. The van der Waals surface area contributed by atoms with Gasteiger partial charge in [0.15, 0.2) is 0 Å². The quantitative estimate of drug-likeness (QED) is 0.197. The van der Waals surface area contributed by atoms with Crippen molar-refractivity contribution in [2.75, 3.05) is 13.1 Å². The van der Waals surface area contributed by atoms with Crippen LogP contribution in [0.15, 0.2) is 5.16 Å². The topological polar surface area (TPSA) is 117 Å². The second kappa shape index (κ2) is 8.51. The fraction of sp³-hybridized carbons (Fsp3) is 0.667. The van der Waals surface area contributed by atoms with Crippen LogP contribution in [0.1, 0.15) is 26.2 Å². The number of hydrogen-bond acceptors (Lipinski definition) is 4. The summed E-state index contributed by atoms with van der Waals surface area (Å²) < 4.78 is 0. The highest BCUT2D eigenvalue weighted by molar-refractivity contribution is 5.98. The zero-order valence-electron chi connectivity index (χ0n) is 9.32. The standard InChI is InChI=1S/C9H18N4O3/c1-2-4-11-8(14)3-5-12-9(15)6-7(10)13-16/h16H,2-6H2,1H3,(H2,10,13)(H,11,14)(H,12,15). The van der Waals surface area contributed by atoms with Gasteiger partial charge in [0.2, 0.25) is 11.8 Å². The van der Waals surface area contributed by atoms with Crippen LogP contribution >= 0.6 is 0 Å². The molecule has 0 heterocycles. The third-order valence-corrected chi connectivity index (χ3v) is 1.72. The molecule has 2 amide bonds. The number of hydrogen-bond donors (Lipinski definition) is 4. The van der Waals surface area contributed by atoms with Crippen LogP contribution in [-0.2, 0) is 9.59 Å². The smallest absolute Gasteiger partial charge is 0.227 e. The van der Waals surface area contributed by atoms with Crippen LogP contribution in [0, 0.1) is 0 Å². The molecule has 5 N–H and O–H groups in total. The van der Waals surface area contributed by atoms with E-state index < -0.39 is 0 Å². The molecule has 0 aromatic rings. The third-order valence-electron chi connectivity index (χ3n) is 1.72. The summed E-state index contributed by atoms with van der Waals surface area (Å²) >= 11 is 0. The Balaban J connectivity index is 3.58. The van der Waals surface area contributed by atoms with Gasteiger partial charge in [-0.05, 0) is 6.42 Å². The predicted molar refractivity (Wildman–Crippen MR) is 59.0 cm³/mol. The average molecular weight is 230 g/mol. The minimum absolute atomic E-state index is 0.106. The Kier molecular flexibility index (Phi) is 7.56. The van der Waals surface area contributed by atoms with Crippen LogP contribution in [-0.4, -0.2) is 35.9 Å². The molecule has 0 spiro atoms. The summed E-state index contributed by atoms with van der Waals surface area (Å²) in [6, 6.07) is 0. The number of nitrogens with two attached hydrogens (primary N) is 1. The Morgan fingerprint density at radius 2 is 1.88 bits per heavy atom. The summed E-state index contributed by atoms with van der Waals surface area (Å²) in [6.07, 6.45) is 0.927. The molecule has 0 fully saturated rings. The molecule has 0 atom stereocenters. The Morgan fingerprint density at radius 3 is 2.44 bits per heavy atom. The summed E-state index contributed by atoms with van der Waals surface area (Å²) in [5, 5.41) is 16.0. The van der Waals surface area contributed by atoms with Gasteiger partial charge < -0.3 is 21.6 Å². The van der Waals surface area contributed by atoms with Crippen molar-refractivity contribution in [1.82, 2.24) is 10.6 Å². The van der Waals surface area contributed by atoms with E-state index in [0.717, 1.165) is 6.42 Å². The van der Waals surface area contributed by atoms with Gasteiger partial charge in [-0.1, -0.05) is 12.1 Å². The van der Waals surface area contributed by atoms with E-state index in [1.807, 2.05) is 6.92 Å². The molecule has 0 unspecified atom stereocenters. The SMILES string of the molecule is CCCNC(=O)CCNC(=O)CC(N)=NO. The molecular formula is C9H18N4O3. The summed E-state index contributed by atoms with van der Waals surface area (Å²) in [4.78, 5) is 22.2. The van der Waals surface area contributed by atoms with Crippen molar-refractivity contribution in [3.8, 4) is 0 Å². The molecule has 16 heavy (non-hydrogen) atoms. The molecule has 0 bridgehead atoms. The van der Waals surface area contributed by atoms with Gasteiger partial charge in [0.05, 0.1) is 6.42 Å². The first-order chi connectivity index (χ1) is 7.60. The van der Waals surface area contributed by atoms with Crippen LogP contribution in [0.5, 0.6) is 0 Å². The summed E-state index contributed by atoms with van der Waals surface area (Å²) in [7, 11) is 0. The molecule has 0 radical (unpaired) electrons. The molecule has 0 aliphatic rings. The minimum Gasteiger partial charge on any atom is -0.409 e. The van der Waals surface area contributed by atoms with E-state index in [4.69, 9.17) is 10.9 Å². The first-order valence-electron chi connectivity index (χ1n) is 5.10. The number of amides is 2. The zero-order chi connectivity index (χ0) is 12.4. The van der Waals surface area contributed by atoms with Gasteiger partial charge >= 0.3 is 0 Å². The van der Waals surface area contributed by atoms with E-state index in [-0.39, 0.29) is 37.0 Å². The van der Waals surface area contributed by atoms with Crippen molar-refractivity contribution >= 4 is 17.6 Å². The van der Waals surface area contributed by atoms with Crippen molar-refractivity contribution in [3.05, 3.63) is 0 Å². The molecule has 0 saturated heterocycles. The maximum Gasteiger partial charge on any atom is 0.227 e. The van der Waals surface area contributed by atoms with Crippen LogP contribution in [0.3, 0.4) is 0 Å². The van der Waals surface area contributed by atoms with E-state index in [1.165, 1.54) is 0 Å². The molecule has 0 saturated carbocycles. The zero-order valence-corrected chi connectivity index (χ0v) is 9.32. The molecule has 0 aromatic carbocycles. The normalized spacial score (nSPS) is 10.9. The fourth-order valence-corrected chi connectivity index (χ4v) is 0.931. The molecule has 0 aliphatic carbocycles. The van der Waals surface area contributed by atoms with Crippen molar-refractivity contribution in [3.63, 3.8) is 0 Å². The number of carbonyl (C=O) groups excluding carboxylic acids is 2. The lowest BCUT2D eigenvalue weighted by atomic mass is 10.3. The largest absolute Gasteiger partial charge is 0.409 e.